The van der Waals surface area contributed by atoms with Gasteiger partial charge in [-0.2, -0.15) is 8.78 Å². The van der Waals surface area contributed by atoms with E-state index in [1.165, 1.54) is 23.5 Å². The van der Waals surface area contributed by atoms with Gasteiger partial charge in [-0.1, -0.05) is 24.3 Å². The molecule has 0 saturated carbocycles. The number of benzene rings is 2. The molecule has 2 aromatic heterocycles. The summed E-state index contributed by atoms with van der Waals surface area (Å²) < 4.78 is 57.6. The predicted molar refractivity (Wildman–Crippen MR) is 145 cm³/mol. The van der Waals surface area contributed by atoms with E-state index in [-0.39, 0.29) is 11.7 Å². The van der Waals surface area contributed by atoms with E-state index in [1.807, 2.05) is 11.6 Å². The highest BCUT2D eigenvalue weighted by Crippen LogP contribution is 2.40. The maximum absolute atomic E-state index is 13.0. The van der Waals surface area contributed by atoms with Crippen LogP contribution in [0, 0.1) is 6.92 Å². The van der Waals surface area contributed by atoms with Crippen LogP contribution in [0.4, 0.5) is 20.4 Å². The number of likely N-dealkylation sites (tertiary alicyclic amines) is 1. The largest absolute Gasteiger partial charge is 0.437 e. The maximum atomic E-state index is 13.0. The third-order valence-corrected chi connectivity index (χ3v) is 8.07. The van der Waals surface area contributed by atoms with Gasteiger partial charge in [0.05, 0.1) is 16.4 Å². The van der Waals surface area contributed by atoms with Crippen molar-refractivity contribution in [3.63, 3.8) is 0 Å². The Balaban J connectivity index is 1.45. The third-order valence-electron chi connectivity index (χ3n) is 6.13. The third kappa shape index (κ3) is 5.69. The number of anilines is 2. The van der Waals surface area contributed by atoms with Crippen LogP contribution in [0.2, 0.25) is 0 Å². The summed E-state index contributed by atoms with van der Waals surface area (Å²) in [6, 6.07) is 11.7. The van der Waals surface area contributed by atoms with Gasteiger partial charge in [0, 0.05) is 29.6 Å². The number of alkyl halides is 2. The number of ether oxygens (including phenoxy) is 1. The molecule has 0 aliphatic carbocycles. The second kappa shape index (κ2) is 10.8. The lowest BCUT2D eigenvalue weighted by Gasteiger charge is -2.30. The van der Waals surface area contributed by atoms with Crippen molar-refractivity contribution >= 4 is 43.8 Å². The van der Waals surface area contributed by atoms with E-state index in [1.54, 1.807) is 36.5 Å². The molecule has 200 valence electrons. The number of aromatic nitrogens is 3. The molecule has 5 rings (SSSR count). The van der Waals surface area contributed by atoms with Gasteiger partial charge in [0.25, 0.3) is 10.0 Å². The lowest BCUT2D eigenvalue weighted by molar-refractivity contribution is 0.236. The molecule has 0 unspecified atom stereocenters. The monoisotopic (exact) mass is 560 g/mol. The highest BCUT2D eigenvalue weighted by atomic mass is 32.2. The van der Waals surface area contributed by atoms with Crippen LogP contribution in [-0.4, -0.2) is 60.2 Å². The van der Waals surface area contributed by atoms with Crippen LogP contribution in [-0.2, 0) is 10.0 Å². The standard InChI is InChI=1S/C25H26F2N6O3S2/c1-15-29-23(22(37-15)20-11-12-28-25(31-20)30-16-6-5-13-33(2)14-16)36-21-10-9-19(32-38(34,35)24(26)27)17-7-3-4-8-18(17)21/h3-4,7-12,16,24,32H,5-6,13-14H2,1-2H3,(H,28,30,31)/t16-/m0/s1. The van der Waals surface area contributed by atoms with Crippen LogP contribution in [0.3, 0.4) is 0 Å². The second-order valence-electron chi connectivity index (χ2n) is 9.05. The lowest BCUT2D eigenvalue weighted by atomic mass is 10.1. The number of piperidine rings is 1. The van der Waals surface area contributed by atoms with E-state index in [0.29, 0.717) is 38.9 Å². The van der Waals surface area contributed by atoms with Crippen molar-refractivity contribution < 1.29 is 21.9 Å². The molecule has 2 N–H and O–H groups in total. The fourth-order valence-corrected chi connectivity index (χ4v) is 5.80. The Labute approximate surface area is 223 Å². The molecule has 0 amide bonds. The van der Waals surface area contributed by atoms with Gasteiger partial charge in [-0.15, -0.1) is 11.3 Å². The molecule has 1 atom stereocenters. The molecule has 13 heteroatoms. The van der Waals surface area contributed by atoms with Crippen molar-refractivity contribution in [2.24, 2.45) is 0 Å². The van der Waals surface area contributed by atoms with Crippen LogP contribution < -0.4 is 14.8 Å². The van der Waals surface area contributed by atoms with Crippen molar-refractivity contribution in [3.05, 3.63) is 53.7 Å². The predicted octanol–water partition coefficient (Wildman–Crippen LogP) is 5.32. The SMILES string of the molecule is Cc1nc(Oc2ccc(NS(=O)(=O)C(F)F)c3ccccc23)c(-c2ccnc(N[C@H]3CCCN(C)C3)n2)s1. The van der Waals surface area contributed by atoms with Crippen LogP contribution in [0.25, 0.3) is 21.3 Å². The van der Waals surface area contributed by atoms with Gasteiger partial charge in [0.2, 0.25) is 11.8 Å². The second-order valence-corrected chi connectivity index (χ2v) is 11.9. The number of likely N-dealkylation sites (N-methyl/N-ethyl adjacent to an activating group) is 1. The summed E-state index contributed by atoms with van der Waals surface area (Å²) in [6.45, 7) is 3.85. The molecule has 2 aromatic carbocycles. The Morgan fingerprint density at radius 3 is 2.68 bits per heavy atom. The normalized spacial score (nSPS) is 16.6. The molecule has 4 aromatic rings. The Bertz CT molecular complexity index is 1560. The highest BCUT2D eigenvalue weighted by molar-refractivity contribution is 7.93. The molecular formula is C25H26F2N6O3S2. The smallest absolute Gasteiger partial charge is 0.355 e. The van der Waals surface area contributed by atoms with Gasteiger partial charge < -0.3 is 15.0 Å². The summed E-state index contributed by atoms with van der Waals surface area (Å²) in [5.41, 5.74) is 0.681. The van der Waals surface area contributed by atoms with Gasteiger partial charge in [-0.05, 0) is 51.6 Å². The number of nitrogens with zero attached hydrogens (tertiary/aromatic N) is 4. The van der Waals surface area contributed by atoms with Crippen LogP contribution >= 0.6 is 11.3 Å². The summed E-state index contributed by atoms with van der Waals surface area (Å²) in [5.74, 6) is -2.30. The zero-order valence-corrected chi connectivity index (χ0v) is 22.3. The first kappa shape index (κ1) is 26.2. The molecule has 3 heterocycles. The number of halogens is 2. The number of thiazole rings is 1. The van der Waals surface area contributed by atoms with Crippen molar-refractivity contribution in [2.45, 2.75) is 31.6 Å². The van der Waals surface area contributed by atoms with Crippen molar-refractivity contribution in [2.75, 3.05) is 30.2 Å². The Morgan fingerprint density at radius 1 is 1.13 bits per heavy atom. The molecule has 1 fully saturated rings. The maximum Gasteiger partial charge on any atom is 0.355 e. The quantitative estimate of drug-likeness (QED) is 0.298. The molecule has 0 spiro atoms. The molecule has 1 aliphatic heterocycles. The minimum Gasteiger partial charge on any atom is -0.437 e. The summed E-state index contributed by atoms with van der Waals surface area (Å²) in [6.07, 6.45) is 3.84. The van der Waals surface area contributed by atoms with E-state index in [9.17, 15) is 17.2 Å². The average molecular weight is 561 g/mol. The van der Waals surface area contributed by atoms with Crippen LogP contribution in [0.1, 0.15) is 17.8 Å². The fraction of sp³-hybridized carbons (Fsp3) is 0.320. The number of fused-ring (bicyclic) bond motifs is 1. The van der Waals surface area contributed by atoms with Crippen LogP contribution in [0.15, 0.2) is 48.7 Å². The van der Waals surface area contributed by atoms with E-state index < -0.39 is 15.8 Å². The molecule has 0 bridgehead atoms. The van der Waals surface area contributed by atoms with E-state index in [4.69, 9.17) is 9.72 Å². The number of sulfonamides is 1. The number of rotatable bonds is 8. The van der Waals surface area contributed by atoms with Crippen LogP contribution in [0.5, 0.6) is 11.6 Å². The Hall–Kier alpha value is -3.42. The van der Waals surface area contributed by atoms with Gasteiger partial charge in [-0.3, -0.25) is 4.72 Å². The summed E-state index contributed by atoms with van der Waals surface area (Å²) >= 11 is 1.42. The molecule has 9 nitrogen and oxygen atoms in total. The van der Waals surface area contributed by atoms with E-state index >= 15 is 0 Å². The lowest BCUT2D eigenvalue weighted by Crippen LogP contribution is -2.40. The topological polar surface area (TPSA) is 109 Å². The number of hydrogen-bond donors (Lipinski definition) is 2. The summed E-state index contributed by atoms with van der Waals surface area (Å²) in [5, 5.41) is 5.13. The first-order valence-corrected chi connectivity index (χ1v) is 14.3. The Kier molecular flexibility index (Phi) is 7.41. The highest BCUT2D eigenvalue weighted by Gasteiger charge is 2.25. The zero-order chi connectivity index (χ0) is 26.9. The van der Waals surface area contributed by atoms with Gasteiger partial charge in [0.1, 0.15) is 10.6 Å². The van der Waals surface area contributed by atoms with Gasteiger partial charge in [-0.25, -0.2) is 23.4 Å². The number of aryl methyl sites for hydroxylation is 1. The fourth-order valence-electron chi connectivity index (χ4n) is 4.41. The molecule has 0 radical (unpaired) electrons. The van der Waals surface area contributed by atoms with E-state index in [0.717, 1.165) is 30.9 Å². The van der Waals surface area contributed by atoms with Crippen molar-refractivity contribution in [1.82, 2.24) is 19.9 Å². The summed E-state index contributed by atoms with van der Waals surface area (Å²) in [4.78, 5) is 16.6. The van der Waals surface area contributed by atoms with Crippen molar-refractivity contribution in [3.8, 4) is 22.2 Å². The zero-order valence-electron chi connectivity index (χ0n) is 20.7. The van der Waals surface area contributed by atoms with E-state index in [2.05, 4.69) is 27.2 Å². The molecule has 1 saturated heterocycles. The average Bonchev–Trinajstić information content (AvgIpc) is 3.25. The Morgan fingerprint density at radius 2 is 1.92 bits per heavy atom. The molecule has 1 aliphatic rings. The van der Waals surface area contributed by atoms with Gasteiger partial charge >= 0.3 is 5.76 Å². The van der Waals surface area contributed by atoms with Gasteiger partial charge in [0.15, 0.2) is 0 Å². The van der Waals surface area contributed by atoms with Crippen molar-refractivity contribution in [1.29, 1.82) is 0 Å². The first-order valence-electron chi connectivity index (χ1n) is 11.9. The minimum atomic E-state index is -4.83. The molecular weight excluding hydrogens is 534 g/mol. The number of hydrogen-bond acceptors (Lipinski definition) is 9. The summed E-state index contributed by atoms with van der Waals surface area (Å²) in [7, 11) is -2.73. The first-order chi connectivity index (χ1) is 18.2. The number of nitrogens with one attached hydrogen (secondary N) is 2. The minimum absolute atomic E-state index is 0.0304. The molecule has 38 heavy (non-hydrogen) atoms.